The molecule has 8 heteroatoms. The largest absolute Gasteiger partial charge is 0.480 e. The van der Waals surface area contributed by atoms with E-state index in [9.17, 15) is 18.0 Å². The van der Waals surface area contributed by atoms with Gasteiger partial charge in [0.25, 0.3) is 0 Å². The van der Waals surface area contributed by atoms with E-state index in [-0.39, 0.29) is 11.4 Å². The lowest BCUT2D eigenvalue weighted by Gasteiger charge is -2.10. The second-order valence-electron chi connectivity index (χ2n) is 4.30. The van der Waals surface area contributed by atoms with Crippen molar-refractivity contribution in [2.75, 3.05) is 14.2 Å². The molecule has 0 aliphatic rings. The molecule has 0 N–H and O–H groups in total. The molecule has 0 spiro atoms. The fourth-order valence-corrected chi connectivity index (χ4v) is 1.90. The van der Waals surface area contributed by atoms with E-state index in [4.69, 9.17) is 4.74 Å². The summed E-state index contributed by atoms with van der Waals surface area (Å²) in [5.74, 6) is -2.16. The van der Waals surface area contributed by atoms with Gasteiger partial charge in [-0.05, 0) is 23.8 Å². The average molecular weight is 327 g/mol. The maximum atomic E-state index is 13.5. The normalized spacial score (nSPS) is 10.5. The molecule has 0 radical (unpaired) electrons. The van der Waals surface area contributed by atoms with Crippen molar-refractivity contribution in [2.45, 2.75) is 6.61 Å². The van der Waals surface area contributed by atoms with E-state index < -0.39 is 24.1 Å². The number of hydrogen-bond donors (Lipinski definition) is 0. The van der Waals surface area contributed by atoms with Crippen LogP contribution in [0, 0.1) is 5.82 Å². The van der Waals surface area contributed by atoms with Crippen LogP contribution in [0.15, 0.2) is 30.5 Å². The van der Waals surface area contributed by atoms with Gasteiger partial charge < -0.3 is 14.2 Å². The number of carbonyl (C=O) groups is 1. The van der Waals surface area contributed by atoms with E-state index in [0.717, 1.165) is 12.1 Å². The first kappa shape index (κ1) is 16.6. The summed E-state index contributed by atoms with van der Waals surface area (Å²) in [4.78, 5) is 15.7. The third-order valence-electron chi connectivity index (χ3n) is 2.93. The lowest BCUT2D eigenvalue weighted by Crippen LogP contribution is -2.06. The summed E-state index contributed by atoms with van der Waals surface area (Å²) in [7, 11) is 2.53. The van der Waals surface area contributed by atoms with Gasteiger partial charge in [0, 0.05) is 11.8 Å². The number of esters is 1. The van der Waals surface area contributed by atoms with Gasteiger partial charge in [0.1, 0.15) is 5.56 Å². The molecule has 0 saturated heterocycles. The Labute approximate surface area is 129 Å². The van der Waals surface area contributed by atoms with Crippen LogP contribution in [-0.4, -0.2) is 31.8 Å². The summed E-state index contributed by atoms with van der Waals surface area (Å²) in [6.07, 6.45) is 1.35. The monoisotopic (exact) mass is 327 g/mol. The molecule has 0 bridgehead atoms. The maximum Gasteiger partial charge on any atom is 0.387 e. The van der Waals surface area contributed by atoms with Gasteiger partial charge in [-0.3, -0.25) is 0 Å². The number of hydrogen-bond acceptors (Lipinski definition) is 5. The van der Waals surface area contributed by atoms with Crippen LogP contribution >= 0.6 is 0 Å². The first-order valence-corrected chi connectivity index (χ1v) is 6.33. The van der Waals surface area contributed by atoms with Crippen LogP contribution in [0.3, 0.4) is 0 Å². The van der Waals surface area contributed by atoms with Crippen molar-refractivity contribution in [1.82, 2.24) is 4.98 Å². The number of nitrogens with zero attached hydrogens (tertiary/aromatic N) is 1. The average Bonchev–Trinajstić information content (AvgIpc) is 2.55. The third kappa shape index (κ3) is 3.71. The molecular weight excluding hydrogens is 315 g/mol. The molecule has 2 rings (SSSR count). The molecule has 5 nitrogen and oxygen atoms in total. The lowest BCUT2D eigenvalue weighted by molar-refractivity contribution is -0.0521. The zero-order valence-electron chi connectivity index (χ0n) is 12.2. The van der Waals surface area contributed by atoms with Crippen molar-refractivity contribution in [3.63, 3.8) is 0 Å². The van der Waals surface area contributed by atoms with Crippen LogP contribution in [0.25, 0.3) is 11.1 Å². The standard InChI is InChI=1S/C15H12F3NO4/c1-21-13-10(14(20)22-2)5-9(7-19-13)8-3-4-11(16)12(6-8)23-15(17)18/h3-7,15H,1-2H3. The predicted molar refractivity (Wildman–Crippen MR) is 74.2 cm³/mol. The van der Waals surface area contributed by atoms with Crippen molar-refractivity contribution in [3.05, 3.63) is 41.8 Å². The molecule has 23 heavy (non-hydrogen) atoms. The van der Waals surface area contributed by atoms with E-state index in [1.54, 1.807) is 0 Å². The molecule has 0 atom stereocenters. The van der Waals surface area contributed by atoms with Crippen molar-refractivity contribution in [2.24, 2.45) is 0 Å². The zero-order valence-corrected chi connectivity index (χ0v) is 12.2. The Bertz CT molecular complexity index is 722. The predicted octanol–water partition coefficient (Wildman–Crippen LogP) is 3.28. The number of benzene rings is 1. The number of pyridine rings is 1. The SMILES string of the molecule is COC(=O)c1cc(-c2ccc(F)c(OC(F)F)c2)cnc1OC. The highest BCUT2D eigenvalue weighted by molar-refractivity contribution is 5.93. The van der Waals surface area contributed by atoms with E-state index >= 15 is 0 Å². The second kappa shape index (κ2) is 6.99. The highest BCUT2D eigenvalue weighted by Crippen LogP contribution is 2.29. The van der Waals surface area contributed by atoms with Crippen LogP contribution in [0.2, 0.25) is 0 Å². The summed E-state index contributed by atoms with van der Waals surface area (Å²) >= 11 is 0. The van der Waals surface area contributed by atoms with Crippen LogP contribution in [0.4, 0.5) is 13.2 Å². The zero-order chi connectivity index (χ0) is 17.0. The molecule has 0 fully saturated rings. The minimum atomic E-state index is -3.15. The molecule has 2 aromatic rings. The molecule has 1 heterocycles. The quantitative estimate of drug-likeness (QED) is 0.789. The Balaban J connectivity index is 2.48. The second-order valence-corrected chi connectivity index (χ2v) is 4.30. The minimum absolute atomic E-state index is 0.0479. The Morgan fingerprint density at radius 2 is 1.91 bits per heavy atom. The van der Waals surface area contributed by atoms with Gasteiger partial charge >= 0.3 is 12.6 Å². The van der Waals surface area contributed by atoms with E-state index in [1.807, 2.05) is 0 Å². The van der Waals surface area contributed by atoms with Crippen LogP contribution in [0.1, 0.15) is 10.4 Å². The summed E-state index contributed by atoms with van der Waals surface area (Å²) in [6.45, 7) is -3.15. The number of carbonyl (C=O) groups excluding carboxylic acids is 1. The summed E-state index contributed by atoms with van der Waals surface area (Å²) in [5.41, 5.74) is 0.765. The van der Waals surface area contributed by atoms with Gasteiger partial charge in [-0.1, -0.05) is 6.07 Å². The number of methoxy groups -OCH3 is 2. The molecule has 0 aliphatic carbocycles. The highest BCUT2D eigenvalue weighted by Gasteiger charge is 2.17. The van der Waals surface area contributed by atoms with Gasteiger partial charge in [-0.2, -0.15) is 8.78 Å². The van der Waals surface area contributed by atoms with Gasteiger partial charge in [0.05, 0.1) is 14.2 Å². The van der Waals surface area contributed by atoms with E-state index in [2.05, 4.69) is 14.5 Å². The number of ether oxygens (including phenoxy) is 3. The van der Waals surface area contributed by atoms with Crippen molar-refractivity contribution >= 4 is 5.97 Å². The van der Waals surface area contributed by atoms with Crippen molar-refractivity contribution in [3.8, 4) is 22.8 Å². The summed E-state index contributed by atoms with van der Waals surface area (Å²) < 4.78 is 51.7. The Hall–Kier alpha value is -2.77. The summed E-state index contributed by atoms with van der Waals surface area (Å²) in [5, 5.41) is 0. The third-order valence-corrected chi connectivity index (χ3v) is 2.93. The number of halogens is 3. The number of alkyl halides is 2. The molecule has 1 aromatic carbocycles. The molecule has 0 aliphatic heterocycles. The first-order chi connectivity index (χ1) is 11.0. The molecule has 1 aromatic heterocycles. The first-order valence-electron chi connectivity index (χ1n) is 6.33. The smallest absolute Gasteiger partial charge is 0.387 e. The molecular formula is C15H12F3NO4. The van der Waals surface area contributed by atoms with Crippen LogP contribution in [-0.2, 0) is 4.74 Å². The Morgan fingerprint density at radius 1 is 1.17 bits per heavy atom. The molecule has 0 unspecified atom stereocenters. The molecule has 0 saturated carbocycles. The number of aromatic nitrogens is 1. The van der Waals surface area contributed by atoms with Crippen LogP contribution in [0.5, 0.6) is 11.6 Å². The van der Waals surface area contributed by atoms with Crippen molar-refractivity contribution < 1.29 is 32.2 Å². The molecule has 122 valence electrons. The lowest BCUT2D eigenvalue weighted by atomic mass is 10.1. The topological polar surface area (TPSA) is 57.7 Å². The van der Waals surface area contributed by atoms with Gasteiger partial charge in [0.2, 0.25) is 5.88 Å². The summed E-state index contributed by atoms with van der Waals surface area (Å²) in [6, 6.07) is 4.82. The maximum absolute atomic E-state index is 13.5. The highest BCUT2D eigenvalue weighted by atomic mass is 19.3. The van der Waals surface area contributed by atoms with Gasteiger partial charge in [0.15, 0.2) is 11.6 Å². The van der Waals surface area contributed by atoms with Crippen molar-refractivity contribution in [1.29, 1.82) is 0 Å². The van der Waals surface area contributed by atoms with E-state index in [1.165, 1.54) is 32.5 Å². The Kier molecular flexibility index (Phi) is 5.05. The Morgan fingerprint density at radius 3 is 2.52 bits per heavy atom. The van der Waals surface area contributed by atoms with E-state index in [0.29, 0.717) is 11.1 Å². The van der Waals surface area contributed by atoms with Gasteiger partial charge in [-0.15, -0.1) is 0 Å². The van der Waals surface area contributed by atoms with Gasteiger partial charge in [-0.25, -0.2) is 14.2 Å². The fourth-order valence-electron chi connectivity index (χ4n) is 1.90. The van der Waals surface area contributed by atoms with Crippen LogP contribution < -0.4 is 9.47 Å². The number of rotatable bonds is 5. The molecule has 0 amide bonds. The fraction of sp³-hybridized carbons (Fsp3) is 0.200. The minimum Gasteiger partial charge on any atom is -0.480 e.